The zero-order valence-corrected chi connectivity index (χ0v) is 14.2. The number of anilines is 1. The summed E-state index contributed by atoms with van der Waals surface area (Å²) < 4.78 is 0.946. The lowest BCUT2D eigenvalue weighted by molar-refractivity contribution is 0.590. The van der Waals surface area contributed by atoms with Crippen molar-refractivity contribution in [2.45, 2.75) is 32.6 Å². The molecule has 1 aromatic carbocycles. The van der Waals surface area contributed by atoms with Gasteiger partial charge in [-0.05, 0) is 32.5 Å². The Labute approximate surface area is 127 Å². The topological polar surface area (TPSA) is 24.9 Å². The Morgan fingerprint density at radius 3 is 2.32 bits per heavy atom. The monoisotopic (exact) mass is 338 g/mol. The predicted octanol–water partition coefficient (Wildman–Crippen LogP) is 4.84. The Balaban J connectivity index is 2.17. The van der Waals surface area contributed by atoms with E-state index in [-0.39, 0.29) is 5.41 Å². The van der Waals surface area contributed by atoms with E-state index in [1.165, 1.54) is 16.0 Å². The first kappa shape index (κ1) is 14.5. The first-order valence-electron chi connectivity index (χ1n) is 6.32. The van der Waals surface area contributed by atoms with Crippen LogP contribution in [0.4, 0.5) is 5.13 Å². The molecule has 4 heteroatoms. The molecule has 19 heavy (non-hydrogen) atoms. The van der Waals surface area contributed by atoms with E-state index in [4.69, 9.17) is 0 Å². The summed E-state index contributed by atoms with van der Waals surface area (Å²) in [6, 6.07) is 8.88. The maximum atomic E-state index is 4.41. The first-order chi connectivity index (χ1) is 8.90. The molecule has 2 rings (SSSR count). The summed E-state index contributed by atoms with van der Waals surface area (Å²) >= 11 is 5.22. The van der Waals surface area contributed by atoms with Gasteiger partial charge in [0.1, 0.15) is 4.60 Å². The number of halogens is 1. The molecule has 0 bridgehead atoms. The molecule has 0 atom stereocenters. The average molecular weight is 339 g/mol. The molecule has 102 valence electrons. The van der Waals surface area contributed by atoms with E-state index < -0.39 is 0 Å². The van der Waals surface area contributed by atoms with E-state index >= 15 is 0 Å². The Kier molecular flexibility index (Phi) is 4.31. The fraction of sp³-hybridized carbons (Fsp3) is 0.400. The molecule has 0 aliphatic heterocycles. The molecule has 0 saturated carbocycles. The highest BCUT2D eigenvalue weighted by molar-refractivity contribution is 9.10. The van der Waals surface area contributed by atoms with Crippen molar-refractivity contribution in [3.63, 3.8) is 0 Å². The van der Waals surface area contributed by atoms with Gasteiger partial charge in [0.05, 0.1) is 0 Å². The SMILES string of the molecule is CNc1nc(Br)c(Cc2ccc(C(C)(C)C)cc2)s1. The summed E-state index contributed by atoms with van der Waals surface area (Å²) in [4.78, 5) is 5.66. The molecular weight excluding hydrogens is 320 g/mol. The molecule has 1 N–H and O–H groups in total. The van der Waals surface area contributed by atoms with Gasteiger partial charge in [0.15, 0.2) is 5.13 Å². The van der Waals surface area contributed by atoms with Crippen molar-refractivity contribution in [1.82, 2.24) is 4.98 Å². The molecule has 0 spiro atoms. The second-order valence-corrected chi connectivity index (χ2v) is 7.44. The number of hydrogen-bond acceptors (Lipinski definition) is 3. The lowest BCUT2D eigenvalue weighted by atomic mass is 9.86. The molecule has 1 aromatic heterocycles. The summed E-state index contributed by atoms with van der Waals surface area (Å²) in [6.07, 6.45) is 0.921. The summed E-state index contributed by atoms with van der Waals surface area (Å²) in [5.74, 6) is 0. The van der Waals surface area contributed by atoms with E-state index in [9.17, 15) is 0 Å². The van der Waals surface area contributed by atoms with Gasteiger partial charge >= 0.3 is 0 Å². The first-order valence-corrected chi connectivity index (χ1v) is 7.93. The van der Waals surface area contributed by atoms with Gasteiger partial charge in [0, 0.05) is 18.3 Å². The number of nitrogens with one attached hydrogen (secondary N) is 1. The van der Waals surface area contributed by atoms with Crippen LogP contribution in [0.25, 0.3) is 0 Å². The highest BCUT2D eigenvalue weighted by Gasteiger charge is 2.13. The van der Waals surface area contributed by atoms with Crippen LogP contribution in [0.5, 0.6) is 0 Å². The van der Waals surface area contributed by atoms with Crippen LogP contribution in [0, 0.1) is 0 Å². The van der Waals surface area contributed by atoms with Crippen LogP contribution >= 0.6 is 27.3 Å². The smallest absolute Gasteiger partial charge is 0.183 e. The number of nitrogens with zero attached hydrogens (tertiary/aromatic N) is 1. The van der Waals surface area contributed by atoms with E-state index in [0.717, 1.165) is 16.2 Å². The lowest BCUT2D eigenvalue weighted by Gasteiger charge is -2.19. The fourth-order valence-corrected chi connectivity index (χ4v) is 3.38. The summed E-state index contributed by atoms with van der Waals surface area (Å²) in [7, 11) is 1.90. The second kappa shape index (κ2) is 5.63. The van der Waals surface area contributed by atoms with Gasteiger partial charge in [0.2, 0.25) is 0 Å². The molecule has 0 radical (unpaired) electrons. The molecule has 1 heterocycles. The fourth-order valence-electron chi connectivity index (χ4n) is 1.86. The van der Waals surface area contributed by atoms with Gasteiger partial charge in [-0.25, -0.2) is 4.98 Å². The maximum Gasteiger partial charge on any atom is 0.183 e. The zero-order valence-electron chi connectivity index (χ0n) is 11.7. The number of benzene rings is 1. The van der Waals surface area contributed by atoms with Crippen molar-refractivity contribution >= 4 is 32.4 Å². The second-order valence-electron chi connectivity index (χ2n) is 5.61. The van der Waals surface area contributed by atoms with E-state index in [1.54, 1.807) is 11.3 Å². The third-order valence-electron chi connectivity index (χ3n) is 3.05. The van der Waals surface area contributed by atoms with Gasteiger partial charge in [-0.2, -0.15) is 0 Å². The quantitative estimate of drug-likeness (QED) is 0.866. The summed E-state index contributed by atoms with van der Waals surface area (Å²) in [6.45, 7) is 6.71. The molecule has 0 amide bonds. The molecule has 0 saturated heterocycles. The largest absolute Gasteiger partial charge is 0.365 e. The Bertz CT molecular complexity index is 553. The van der Waals surface area contributed by atoms with Crippen LogP contribution in [0.15, 0.2) is 28.9 Å². The highest BCUT2D eigenvalue weighted by Crippen LogP contribution is 2.30. The van der Waals surface area contributed by atoms with Crippen molar-refractivity contribution in [3.05, 3.63) is 44.9 Å². The molecule has 0 aliphatic rings. The normalized spacial score (nSPS) is 11.6. The van der Waals surface area contributed by atoms with Crippen molar-refractivity contribution < 1.29 is 0 Å². The average Bonchev–Trinajstić information content (AvgIpc) is 2.70. The Hall–Kier alpha value is -0.870. The van der Waals surface area contributed by atoms with Crippen LogP contribution in [-0.4, -0.2) is 12.0 Å². The number of thiazole rings is 1. The van der Waals surface area contributed by atoms with Crippen molar-refractivity contribution in [2.24, 2.45) is 0 Å². The van der Waals surface area contributed by atoms with Crippen LogP contribution in [0.2, 0.25) is 0 Å². The van der Waals surface area contributed by atoms with E-state index in [1.807, 2.05) is 7.05 Å². The van der Waals surface area contributed by atoms with Gasteiger partial charge in [-0.3, -0.25) is 0 Å². The standard InChI is InChI=1S/C15H19BrN2S/c1-15(2,3)11-7-5-10(6-8-11)9-12-13(16)18-14(17-4)19-12/h5-8H,9H2,1-4H3,(H,17,18). The van der Waals surface area contributed by atoms with Gasteiger partial charge in [-0.15, -0.1) is 11.3 Å². The van der Waals surface area contributed by atoms with Gasteiger partial charge in [0.25, 0.3) is 0 Å². The van der Waals surface area contributed by atoms with Crippen molar-refractivity contribution in [1.29, 1.82) is 0 Å². The Morgan fingerprint density at radius 2 is 1.84 bits per heavy atom. The van der Waals surface area contributed by atoms with E-state index in [2.05, 4.69) is 71.3 Å². The number of aromatic nitrogens is 1. The summed E-state index contributed by atoms with van der Waals surface area (Å²) in [5.41, 5.74) is 2.90. The minimum absolute atomic E-state index is 0.211. The molecule has 0 aliphatic carbocycles. The van der Waals surface area contributed by atoms with Crippen LogP contribution in [0.3, 0.4) is 0 Å². The number of hydrogen-bond donors (Lipinski definition) is 1. The predicted molar refractivity (Wildman–Crippen MR) is 87.3 cm³/mol. The van der Waals surface area contributed by atoms with Crippen LogP contribution in [-0.2, 0) is 11.8 Å². The number of rotatable bonds is 3. The zero-order chi connectivity index (χ0) is 14.0. The van der Waals surface area contributed by atoms with Crippen LogP contribution in [0.1, 0.15) is 36.8 Å². The third-order valence-corrected chi connectivity index (χ3v) is 5.04. The maximum absolute atomic E-state index is 4.41. The van der Waals surface area contributed by atoms with Crippen molar-refractivity contribution in [2.75, 3.05) is 12.4 Å². The molecular formula is C15H19BrN2S. The minimum Gasteiger partial charge on any atom is -0.365 e. The third kappa shape index (κ3) is 3.57. The van der Waals surface area contributed by atoms with Gasteiger partial charge < -0.3 is 5.32 Å². The highest BCUT2D eigenvalue weighted by atomic mass is 79.9. The van der Waals surface area contributed by atoms with Crippen LogP contribution < -0.4 is 5.32 Å². The molecule has 2 nitrogen and oxygen atoms in total. The molecule has 0 fully saturated rings. The van der Waals surface area contributed by atoms with Crippen molar-refractivity contribution in [3.8, 4) is 0 Å². The molecule has 0 unspecified atom stereocenters. The summed E-state index contributed by atoms with van der Waals surface area (Å²) in [5, 5.41) is 4.03. The molecule has 2 aromatic rings. The lowest BCUT2D eigenvalue weighted by Crippen LogP contribution is -2.10. The van der Waals surface area contributed by atoms with E-state index in [0.29, 0.717) is 0 Å². The van der Waals surface area contributed by atoms with Gasteiger partial charge in [-0.1, -0.05) is 45.0 Å². The Morgan fingerprint density at radius 1 is 1.21 bits per heavy atom. The minimum atomic E-state index is 0.211.